The third-order valence-electron chi connectivity index (χ3n) is 4.06. The number of amides is 2. The molecule has 22 heavy (non-hydrogen) atoms. The van der Waals surface area contributed by atoms with Crippen LogP contribution in [0.2, 0.25) is 0 Å². The summed E-state index contributed by atoms with van der Waals surface area (Å²) in [5, 5.41) is 3.88. The highest BCUT2D eigenvalue weighted by atomic mass is 16.2. The molecule has 6 nitrogen and oxygen atoms in total. The van der Waals surface area contributed by atoms with E-state index in [1.807, 2.05) is 23.1 Å². The smallest absolute Gasteiger partial charge is 0.270 e. The molecule has 1 aromatic rings. The van der Waals surface area contributed by atoms with Gasteiger partial charge in [-0.3, -0.25) is 14.5 Å². The minimum Gasteiger partial charge on any atom is -0.335 e. The maximum atomic E-state index is 12.4. The number of carbonyl (C=O) groups excluding carboxylic acids is 2. The fourth-order valence-electron chi connectivity index (χ4n) is 2.76. The van der Waals surface area contributed by atoms with Gasteiger partial charge >= 0.3 is 0 Å². The zero-order valence-electron chi connectivity index (χ0n) is 12.5. The van der Waals surface area contributed by atoms with Crippen LogP contribution in [0.1, 0.15) is 18.4 Å². The minimum atomic E-state index is -0.121. The lowest BCUT2D eigenvalue weighted by Crippen LogP contribution is -2.51. The van der Waals surface area contributed by atoms with E-state index in [1.165, 1.54) is 5.56 Å². The number of benzene rings is 1. The van der Waals surface area contributed by atoms with Crippen molar-refractivity contribution in [3.8, 4) is 0 Å². The molecule has 0 spiro atoms. The van der Waals surface area contributed by atoms with E-state index in [2.05, 4.69) is 27.6 Å². The summed E-state index contributed by atoms with van der Waals surface area (Å²) in [5.41, 5.74) is 4.15. The van der Waals surface area contributed by atoms with Crippen molar-refractivity contribution in [3.05, 3.63) is 35.9 Å². The van der Waals surface area contributed by atoms with E-state index >= 15 is 0 Å². The Morgan fingerprint density at radius 2 is 1.82 bits per heavy atom. The third kappa shape index (κ3) is 3.51. The lowest BCUT2D eigenvalue weighted by molar-refractivity contribution is -0.126. The van der Waals surface area contributed by atoms with Crippen molar-refractivity contribution in [1.29, 1.82) is 0 Å². The van der Waals surface area contributed by atoms with Crippen molar-refractivity contribution in [3.63, 3.8) is 0 Å². The standard InChI is InChI=1S/C16H20N4O2/c21-15-7-6-14(17-18-15)16(22)20-10-8-19(9-11-20)12-13-4-2-1-3-5-13/h1-5H,6-12H2,(H,18,21). The Morgan fingerprint density at radius 1 is 1.09 bits per heavy atom. The van der Waals surface area contributed by atoms with E-state index in [4.69, 9.17) is 0 Å². The first-order valence-corrected chi connectivity index (χ1v) is 7.63. The Bertz CT molecular complexity index is 577. The predicted octanol–water partition coefficient (Wildman–Crippen LogP) is 0.597. The fourth-order valence-corrected chi connectivity index (χ4v) is 2.76. The second-order valence-electron chi connectivity index (χ2n) is 5.65. The first-order valence-electron chi connectivity index (χ1n) is 7.63. The van der Waals surface area contributed by atoms with Gasteiger partial charge in [0, 0.05) is 45.6 Å². The molecule has 2 amide bonds. The molecular formula is C16H20N4O2. The zero-order valence-corrected chi connectivity index (χ0v) is 12.5. The molecule has 0 aromatic heterocycles. The van der Waals surface area contributed by atoms with E-state index in [1.54, 1.807) is 0 Å². The molecular weight excluding hydrogens is 280 g/mol. The molecule has 1 aromatic carbocycles. The lowest BCUT2D eigenvalue weighted by atomic mass is 10.1. The Hall–Kier alpha value is -2.21. The van der Waals surface area contributed by atoms with Gasteiger partial charge in [0.2, 0.25) is 5.91 Å². The average molecular weight is 300 g/mol. The molecule has 0 unspecified atom stereocenters. The van der Waals surface area contributed by atoms with Crippen molar-refractivity contribution >= 4 is 17.5 Å². The van der Waals surface area contributed by atoms with Crippen molar-refractivity contribution < 1.29 is 9.59 Å². The Morgan fingerprint density at radius 3 is 2.45 bits per heavy atom. The molecule has 2 aliphatic rings. The Kier molecular flexibility index (Phi) is 4.48. The summed E-state index contributed by atoms with van der Waals surface area (Å²) in [4.78, 5) is 27.6. The first-order chi connectivity index (χ1) is 10.7. The number of piperazine rings is 1. The Labute approximate surface area is 129 Å². The lowest BCUT2D eigenvalue weighted by Gasteiger charge is -2.35. The highest BCUT2D eigenvalue weighted by Gasteiger charge is 2.26. The van der Waals surface area contributed by atoms with Crippen molar-refractivity contribution in [2.24, 2.45) is 5.10 Å². The number of hydrogen-bond acceptors (Lipinski definition) is 4. The van der Waals surface area contributed by atoms with Crippen LogP contribution in [0, 0.1) is 0 Å². The molecule has 1 fully saturated rings. The summed E-state index contributed by atoms with van der Waals surface area (Å²) in [6, 6.07) is 10.4. The minimum absolute atomic E-state index is 0.0423. The second kappa shape index (κ2) is 6.70. The van der Waals surface area contributed by atoms with Gasteiger partial charge < -0.3 is 4.90 Å². The van der Waals surface area contributed by atoms with Gasteiger partial charge in [0.15, 0.2) is 0 Å². The van der Waals surface area contributed by atoms with E-state index in [-0.39, 0.29) is 11.8 Å². The molecule has 1 N–H and O–H groups in total. The first kappa shape index (κ1) is 14.7. The summed E-state index contributed by atoms with van der Waals surface area (Å²) >= 11 is 0. The van der Waals surface area contributed by atoms with E-state index < -0.39 is 0 Å². The van der Waals surface area contributed by atoms with Gasteiger partial charge in [-0.05, 0) is 5.56 Å². The summed E-state index contributed by atoms with van der Waals surface area (Å²) in [6.07, 6.45) is 0.785. The molecule has 0 atom stereocenters. The summed E-state index contributed by atoms with van der Waals surface area (Å²) in [6.45, 7) is 4.05. The van der Waals surface area contributed by atoms with E-state index in [0.29, 0.717) is 31.6 Å². The molecule has 1 saturated heterocycles. The monoisotopic (exact) mass is 300 g/mol. The van der Waals surface area contributed by atoms with Crippen LogP contribution in [0.15, 0.2) is 35.4 Å². The quantitative estimate of drug-likeness (QED) is 0.889. The van der Waals surface area contributed by atoms with E-state index in [9.17, 15) is 9.59 Å². The maximum absolute atomic E-state index is 12.4. The number of hydrogen-bond donors (Lipinski definition) is 1. The van der Waals surface area contributed by atoms with Crippen molar-refractivity contribution in [2.75, 3.05) is 26.2 Å². The molecule has 0 bridgehead atoms. The van der Waals surface area contributed by atoms with E-state index in [0.717, 1.165) is 19.6 Å². The van der Waals surface area contributed by atoms with Crippen molar-refractivity contribution in [2.45, 2.75) is 19.4 Å². The third-order valence-corrected chi connectivity index (χ3v) is 4.06. The fraction of sp³-hybridized carbons (Fsp3) is 0.438. The zero-order chi connectivity index (χ0) is 15.4. The summed E-state index contributed by atoms with van der Waals surface area (Å²) in [5.74, 6) is -0.163. The largest absolute Gasteiger partial charge is 0.335 e. The molecule has 6 heteroatoms. The van der Waals surface area contributed by atoms with Gasteiger partial charge in [-0.25, -0.2) is 5.43 Å². The average Bonchev–Trinajstić information content (AvgIpc) is 2.57. The molecule has 0 saturated carbocycles. The van der Waals surface area contributed by atoms with Gasteiger partial charge in [0.05, 0.1) is 0 Å². The Balaban J connectivity index is 1.51. The van der Waals surface area contributed by atoms with Crippen LogP contribution < -0.4 is 5.43 Å². The van der Waals surface area contributed by atoms with Crippen LogP contribution in [-0.2, 0) is 16.1 Å². The molecule has 2 heterocycles. The van der Waals surface area contributed by atoms with Gasteiger partial charge in [0.25, 0.3) is 5.91 Å². The molecule has 0 radical (unpaired) electrons. The number of nitrogens with one attached hydrogen (secondary N) is 1. The van der Waals surface area contributed by atoms with Crippen molar-refractivity contribution in [1.82, 2.24) is 15.2 Å². The predicted molar refractivity (Wildman–Crippen MR) is 83.1 cm³/mol. The number of hydrazone groups is 1. The van der Waals surface area contributed by atoms with Gasteiger partial charge in [0.1, 0.15) is 5.71 Å². The van der Waals surface area contributed by atoms with Gasteiger partial charge in [-0.1, -0.05) is 30.3 Å². The second-order valence-corrected chi connectivity index (χ2v) is 5.65. The van der Waals surface area contributed by atoms with Crippen LogP contribution >= 0.6 is 0 Å². The van der Waals surface area contributed by atoms with Crippen LogP contribution in [0.5, 0.6) is 0 Å². The highest BCUT2D eigenvalue weighted by Crippen LogP contribution is 2.10. The number of carbonyl (C=O) groups is 2. The van der Waals surface area contributed by atoms with Crippen LogP contribution in [0.3, 0.4) is 0 Å². The number of rotatable bonds is 3. The normalized spacial score (nSPS) is 19.5. The topological polar surface area (TPSA) is 65.0 Å². The number of nitrogens with zero attached hydrogens (tertiary/aromatic N) is 3. The van der Waals surface area contributed by atoms with Gasteiger partial charge in [-0.15, -0.1) is 0 Å². The molecule has 2 aliphatic heterocycles. The molecule has 3 rings (SSSR count). The SMILES string of the molecule is O=C1CCC(C(=O)N2CCN(Cc3ccccc3)CC2)=NN1. The molecule has 116 valence electrons. The summed E-state index contributed by atoms with van der Waals surface area (Å²) < 4.78 is 0. The van der Waals surface area contributed by atoms with Crippen LogP contribution in [-0.4, -0.2) is 53.5 Å². The summed E-state index contributed by atoms with van der Waals surface area (Å²) in [7, 11) is 0. The van der Waals surface area contributed by atoms with Crippen LogP contribution in [0.4, 0.5) is 0 Å². The molecule has 0 aliphatic carbocycles. The highest BCUT2D eigenvalue weighted by molar-refractivity contribution is 6.39. The maximum Gasteiger partial charge on any atom is 0.270 e. The van der Waals surface area contributed by atoms with Gasteiger partial charge in [-0.2, -0.15) is 5.10 Å². The van der Waals surface area contributed by atoms with Crippen LogP contribution in [0.25, 0.3) is 0 Å².